The average molecular weight is 904 g/mol. The van der Waals surface area contributed by atoms with Crippen molar-refractivity contribution in [1.82, 2.24) is 35.1 Å². The fraction of sp³-hybridized carbons (Fsp3) is 0.588. The number of carbonyl (C=O) groups is 2. The highest BCUT2D eigenvalue weighted by Gasteiger charge is 2.56. The molecule has 0 spiro atoms. The lowest BCUT2D eigenvalue weighted by Gasteiger charge is -2.47. The molecular formula is C51H67N9O6. The summed E-state index contributed by atoms with van der Waals surface area (Å²) >= 11 is 0. The zero-order valence-electron chi connectivity index (χ0n) is 39.6. The zero-order chi connectivity index (χ0) is 47.0. The number of nitrogens with zero attached hydrogens (tertiary/aromatic N) is 9. The molecule has 10 atom stereocenters. The highest BCUT2D eigenvalue weighted by molar-refractivity contribution is 6.00. The van der Waals surface area contributed by atoms with E-state index in [-0.39, 0.29) is 66.6 Å². The fourth-order valence-corrected chi connectivity index (χ4v) is 12.5. The van der Waals surface area contributed by atoms with E-state index < -0.39 is 11.5 Å². The first kappa shape index (κ1) is 49.3. The first-order chi connectivity index (χ1) is 31.2. The number of ether oxygens (including phenoxy) is 3. The molecule has 1 fully saturated rings. The van der Waals surface area contributed by atoms with E-state index in [0.29, 0.717) is 30.0 Å². The fourth-order valence-electron chi connectivity index (χ4n) is 12.5. The van der Waals surface area contributed by atoms with E-state index in [1.807, 2.05) is 20.0 Å². The number of hydrogen-bond acceptors (Lipinski definition) is 13. The summed E-state index contributed by atoms with van der Waals surface area (Å²) in [6, 6.07) is -0.548. The summed E-state index contributed by atoms with van der Waals surface area (Å²) in [6.07, 6.45) is 15.3. The van der Waals surface area contributed by atoms with Gasteiger partial charge in [0.25, 0.3) is 6.04 Å². The number of carbonyl (C=O) groups excluding carboxylic acids is 2. The topological polar surface area (TPSA) is 174 Å². The molecular weight excluding hydrogens is 835 g/mol. The SMILES string of the molecule is C.C.COc1ncnc2c1CC[C@H]1[C@H](C)c3oncc3C[C@]21C.[3H]C.[C-]#[N+]C1=C[C@]2(C)c3ncnc(OC)c3CC[C@H]2[C@H](C)C1=O.[C-]#[N+]C1C[C@]2(C)c3ncnc(OC)c3CC[C@H]2[C@H](C)C1=O. The van der Waals surface area contributed by atoms with Crippen LogP contribution < -0.4 is 14.2 Å². The summed E-state index contributed by atoms with van der Waals surface area (Å²) in [6.45, 7) is 27.2. The molecule has 4 heterocycles. The van der Waals surface area contributed by atoms with Crippen LogP contribution >= 0.6 is 0 Å². The Hall–Kier alpha value is -6.09. The average Bonchev–Trinajstić information content (AvgIpc) is 3.80. The van der Waals surface area contributed by atoms with Gasteiger partial charge in [0.2, 0.25) is 29.1 Å². The Kier molecular flexibility index (Phi) is 14.5. The van der Waals surface area contributed by atoms with Crippen LogP contribution in [0.2, 0.25) is 0 Å². The quantitative estimate of drug-likeness (QED) is 0.178. The van der Waals surface area contributed by atoms with Gasteiger partial charge in [0.15, 0.2) is 5.78 Å². The van der Waals surface area contributed by atoms with Crippen LogP contribution in [0.5, 0.6) is 17.6 Å². The molecule has 0 bridgehead atoms. The monoisotopic (exact) mass is 904 g/mol. The predicted octanol–water partition coefficient (Wildman–Crippen LogP) is 9.09. The van der Waals surface area contributed by atoms with Crippen molar-refractivity contribution < 1.29 is 29.7 Å². The number of ketones is 2. The van der Waals surface area contributed by atoms with Crippen LogP contribution in [0.1, 0.15) is 142 Å². The van der Waals surface area contributed by atoms with Crippen LogP contribution in [0.15, 0.2) is 41.5 Å². The number of aromatic nitrogens is 7. The third kappa shape index (κ3) is 7.92. The van der Waals surface area contributed by atoms with Crippen LogP contribution in [0.4, 0.5) is 0 Å². The molecule has 4 aromatic rings. The summed E-state index contributed by atoms with van der Waals surface area (Å²) in [7, 11) is 6.15. The normalized spacial score (nSPS) is 30.5. The second-order valence-electron chi connectivity index (χ2n) is 18.7. The van der Waals surface area contributed by atoms with Gasteiger partial charge in [-0.3, -0.25) is 4.79 Å². The van der Waals surface area contributed by atoms with Gasteiger partial charge in [0, 0.05) is 64.0 Å². The summed E-state index contributed by atoms with van der Waals surface area (Å²) in [5.41, 5.74) is 7.02. The molecule has 10 rings (SSSR count). The molecule has 1 saturated carbocycles. The van der Waals surface area contributed by atoms with E-state index in [1.54, 1.807) is 33.7 Å². The van der Waals surface area contributed by atoms with Crippen molar-refractivity contribution in [3.8, 4) is 17.6 Å². The highest BCUT2D eigenvalue weighted by Crippen LogP contribution is 2.55. The number of fused-ring (bicyclic) bond motifs is 10. The van der Waals surface area contributed by atoms with Gasteiger partial charge in [-0.25, -0.2) is 41.3 Å². The van der Waals surface area contributed by atoms with E-state index in [4.69, 9.17) is 33.2 Å². The Balaban J connectivity index is 0.000000182. The Morgan fingerprint density at radius 3 is 1.70 bits per heavy atom. The molecule has 66 heavy (non-hydrogen) atoms. The molecule has 15 heteroatoms. The predicted molar refractivity (Wildman–Crippen MR) is 250 cm³/mol. The Bertz CT molecular complexity index is 2590. The second kappa shape index (κ2) is 19.4. The zero-order valence-corrected chi connectivity index (χ0v) is 38.6. The maximum Gasteiger partial charge on any atom is 0.282 e. The van der Waals surface area contributed by atoms with E-state index in [1.165, 1.54) is 31.2 Å². The minimum Gasteiger partial charge on any atom is -0.481 e. The molecule has 0 saturated heterocycles. The maximum atomic E-state index is 12.3. The number of hydrogen-bond donors (Lipinski definition) is 0. The van der Waals surface area contributed by atoms with Crippen molar-refractivity contribution in [2.45, 2.75) is 143 Å². The van der Waals surface area contributed by atoms with Gasteiger partial charge in [0.1, 0.15) is 24.7 Å². The number of allylic oxidation sites excluding steroid dienone is 2. The third-order valence-corrected chi connectivity index (χ3v) is 15.6. The lowest BCUT2D eigenvalue weighted by molar-refractivity contribution is -0.129. The summed E-state index contributed by atoms with van der Waals surface area (Å²) in [5, 5.41) is 4.00. The van der Waals surface area contributed by atoms with Crippen molar-refractivity contribution in [2.24, 2.45) is 29.6 Å². The van der Waals surface area contributed by atoms with E-state index >= 15 is 0 Å². The van der Waals surface area contributed by atoms with Gasteiger partial charge in [0.05, 0.1) is 51.2 Å². The molecule has 352 valence electrons. The van der Waals surface area contributed by atoms with Crippen LogP contribution in [0, 0.1) is 42.7 Å². The molecule has 6 aliphatic rings. The second-order valence-corrected chi connectivity index (χ2v) is 18.7. The van der Waals surface area contributed by atoms with Crippen LogP contribution in [0.3, 0.4) is 0 Å². The number of rotatable bonds is 3. The summed E-state index contributed by atoms with van der Waals surface area (Å²) in [5.74, 6) is 4.12. The first-order valence-electron chi connectivity index (χ1n) is 22.8. The molecule has 15 nitrogen and oxygen atoms in total. The summed E-state index contributed by atoms with van der Waals surface area (Å²) in [4.78, 5) is 57.8. The maximum absolute atomic E-state index is 12.3. The van der Waals surface area contributed by atoms with Crippen LogP contribution in [-0.2, 0) is 51.5 Å². The molecule has 1 unspecified atom stereocenters. The minimum absolute atomic E-state index is 0. The molecule has 0 radical (unpaired) electrons. The van der Waals surface area contributed by atoms with Gasteiger partial charge in [-0.2, -0.15) is 0 Å². The van der Waals surface area contributed by atoms with E-state index in [0.717, 1.165) is 84.8 Å². The van der Waals surface area contributed by atoms with Crippen molar-refractivity contribution in [3.63, 3.8) is 0 Å². The third-order valence-electron chi connectivity index (χ3n) is 15.6. The van der Waals surface area contributed by atoms with Crippen molar-refractivity contribution >= 4 is 11.6 Å². The van der Waals surface area contributed by atoms with E-state index in [2.05, 4.69) is 72.4 Å². The Morgan fingerprint density at radius 1 is 0.697 bits per heavy atom. The van der Waals surface area contributed by atoms with Crippen molar-refractivity contribution in [2.75, 3.05) is 21.3 Å². The number of methoxy groups -OCH3 is 3. The van der Waals surface area contributed by atoms with Gasteiger partial charge in [-0.15, -0.1) is 0 Å². The van der Waals surface area contributed by atoms with Crippen LogP contribution in [-0.4, -0.2) is 74.0 Å². The van der Waals surface area contributed by atoms with Gasteiger partial charge in [-0.1, -0.05) is 75.0 Å². The Labute approximate surface area is 392 Å². The van der Waals surface area contributed by atoms with Crippen molar-refractivity contribution in [1.29, 1.82) is 0 Å². The minimum atomic E-state index is -0.548. The number of Topliss-reactive ketones (excluding diaryl/α,β-unsaturated/α-hetero) is 2. The van der Waals surface area contributed by atoms with Crippen LogP contribution in [0.25, 0.3) is 9.69 Å². The standard InChI is InChI=1S/2C16H19N3O2.C16H17N3O2.3CH4/c1-9-12-5-4-11-14(17-8-18-15(11)20-3)16(12,2)6-10-7-19-21-13(9)10;2*1-9-11-6-5-10-14(18-8-19-15(10)21-4)16(11,2)7-12(17-3)13(9)20;;;/h7-9,12H,4-6H2,1-3H3;8-9,11-12H,5-7H2,1-2,4H3;7-9,11H,5-6H2,1-2,4H3;3*1H4/t9-,12-,16-;9-,11-,12?,16-;9-,11-,16-;;;/m000.../s1/i;;;1T;;. The van der Waals surface area contributed by atoms with Crippen molar-refractivity contribution in [3.05, 3.63) is 105 Å². The van der Waals surface area contributed by atoms with Gasteiger partial charge >= 0.3 is 0 Å². The van der Waals surface area contributed by atoms with E-state index in [9.17, 15) is 9.59 Å². The lowest BCUT2D eigenvalue weighted by atomic mass is 9.55. The largest absolute Gasteiger partial charge is 0.481 e. The molecule has 4 aromatic heterocycles. The highest BCUT2D eigenvalue weighted by atomic mass is 16.5. The molecule has 0 aliphatic heterocycles. The first-order valence-corrected chi connectivity index (χ1v) is 21.8. The smallest absolute Gasteiger partial charge is 0.282 e. The Morgan fingerprint density at radius 2 is 1.18 bits per heavy atom. The lowest BCUT2D eigenvalue weighted by Crippen LogP contribution is -2.52. The molecule has 0 amide bonds. The van der Waals surface area contributed by atoms with Gasteiger partial charge < -0.3 is 28.4 Å². The molecule has 0 N–H and O–H groups in total. The summed E-state index contributed by atoms with van der Waals surface area (Å²) < 4.78 is 27.4. The van der Waals surface area contributed by atoms with Gasteiger partial charge in [-0.05, 0) is 62.7 Å². The molecule has 0 aromatic carbocycles. The molecule has 6 aliphatic carbocycles.